The first-order valence-electron chi connectivity index (χ1n) is 9.20. The molecular formula is C18H22N4O4S. The van der Waals surface area contributed by atoms with Crippen molar-refractivity contribution in [1.29, 1.82) is 0 Å². The number of hydrogen-bond donors (Lipinski definition) is 1. The van der Waals surface area contributed by atoms with Crippen LogP contribution >= 0.6 is 11.3 Å². The SMILES string of the molecule is CCC1CN(C(=O)[C@@H]2CO[C@H](CNC(=O)c3cnc4sccn4c3=O)C2)C1. The molecule has 1 N–H and O–H groups in total. The van der Waals surface area contributed by atoms with E-state index in [1.807, 2.05) is 4.90 Å². The Labute approximate surface area is 160 Å². The van der Waals surface area contributed by atoms with Crippen LogP contribution in [0.1, 0.15) is 30.1 Å². The van der Waals surface area contributed by atoms with E-state index in [1.165, 1.54) is 21.9 Å². The number of aromatic nitrogens is 2. The summed E-state index contributed by atoms with van der Waals surface area (Å²) < 4.78 is 7.03. The minimum absolute atomic E-state index is 0.00251. The van der Waals surface area contributed by atoms with Crippen LogP contribution in [-0.2, 0) is 9.53 Å². The first-order valence-corrected chi connectivity index (χ1v) is 10.1. The molecule has 27 heavy (non-hydrogen) atoms. The molecule has 144 valence electrons. The molecule has 8 nitrogen and oxygen atoms in total. The normalized spacial score (nSPS) is 22.8. The molecule has 2 aliphatic rings. The number of carbonyl (C=O) groups is 2. The fourth-order valence-electron chi connectivity index (χ4n) is 3.57. The third kappa shape index (κ3) is 3.49. The lowest BCUT2D eigenvalue weighted by molar-refractivity contribution is -0.142. The molecule has 0 radical (unpaired) electrons. The Morgan fingerprint density at radius 2 is 2.22 bits per heavy atom. The topological polar surface area (TPSA) is 93.0 Å². The monoisotopic (exact) mass is 390 g/mol. The molecule has 0 spiro atoms. The van der Waals surface area contributed by atoms with Crippen LogP contribution in [0.25, 0.3) is 4.96 Å². The zero-order valence-electron chi connectivity index (χ0n) is 15.1. The van der Waals surface area contributed by atoms with Gasteiger partial charge in [-0.05, 0) is 18.8 Å². The summed E-state index contributed by atoms with van der Waals surface area (Å²) in [6, 6.07) is 0. The second-order valence-electron chi connectivity index (χ2n) is 7.15. The van der Waals surface area contributed by atoms with Gasteiger partial charge in [-0.2, -0.15) is 0 Å². The standard InChI is InChI=1S/C18H22N4O4S/c1-2-11-8-21(9-11)16(24)12-5-13(26-10-12)6-19-15(23)14-7-20-18-22(17(14)25)3-4-27-18/h3-4,7,11-13H,2,5-6,8-10H2,1H3,(H,19,23)/t12-,13-/m0/s1. The largest absolute Gasteiger partial charge is 0.376 e. The van der Waals surface area contributed by atoms with Gasteiger partial charge >= 0.3 is 0 Å². The maximum Gasteiger partial charge on any atom is 0.271 e. The van der Waals surface area contributed by atoms with Gasteiger partial charge in [0.25, 0.3) is 11.5 Å². The number of likely N-dealkylation sites (tertiary alicyclic amines) is 1. The molecule has 2 fully saturated rings. The van der Waals surface area contributed by atoms with Crippen LogP contribution in [0.5, 0.6) is 0 Å². The Kier molecular flexibility index (Phi) is 4.96. The minimum Gasteiger partial charge on any atom is -0.376 e. The number of ether oxygens (including phenoxy) is 1. The van der Waals surface area contributed by atoms with E-state index in [2.05, 4.69) is 17.2 Å². The summed E-state index contributed by atoms with van der Waals surface area (Å²) in [7, 11) is 0. The molecule has 0 saturated carbocycles. The van der Waals surface area contributed by atoms with E-state index in [9.17, 15) is 14.4 Å². The molecule has 2 aromatic rings. The number of carbonyl (C=O) groups excluding carboxylic acids is 2. The summed E-state index contributed by atoms with van der Waals surface area (Å²) in [6.45, 7) is 4.48. The van der Waals surface area contributed by atoms with Gasteiger partial charge in [-0.25, -0.2) is 4.98 Å². The van der Waals surface area contributed by atoms with Crippen LogP contribution in [0.15, 0.2) is 22.6 Å². The first kappa shape index (κ1) is 18.1. The highest BCUT2D eigenvalue weighted by molar-refractivity contribution is 7.15. The predicted molar refractivity (Wildman–Crippen MR) is 99.9 cm³/mol. The van der Waals surface area contributed by atoms with Crippen molar-refractivity contribution in [3.63, 3.8) is 0 Å². The summed E-state index contributed by atoms with van der Waals surface area (Å²) in [6.07, 6.45) is 4.38. The average molecular weight is 390 g/mol. The van der Waals surface area contributed by atoms with E-state index in [0.717, 1.165) is 19.5 Å². The van der Waals surface area contributed by atoms with Crippen molar-refractivity contribution in [2.24, 2.45) is 11.8 Å². The Hall–Kier alpha value is -2.26. The van der Waals surface area contributed by atoms with E-state index in [-0.39, 0.29) is 35.6 Å². The Bertz CT molecular complexity index is 917. The van der Waals surface area contributed by atoms with Crippen LogP contribution in [-0.4, -0.2) is 58.4 Å². The summed E-state index contributed by atoms with van der Waals surface area (Å²) in [5, 5.41) is 4.48. The number of thiazole rings is 1. The van der Waals surface area contributed by atoms with Crippen molar-refractivity contribution < 1.29 is 14.3 Å². The van der Waals surface area contributed by atoms with Crippen LogP contribution in [0.2, 0.25) is 0 Å². The lowest BCUT2D eigenvalue weighted by Crippen LogP contribution is -2.52. The van der Waals surface area contributed by atoms with Gasteiger partial charge in [-0.1, -0.05) is 6.92 Å². The molecule has 9 heteroatoms. The molecule has 2 aliphatic heterocycles. The third-order valence-electron chi connectivity index (χ3n) is 5.35. The van der Waals surface area contributed by atoms with E-state index in [4.69, 9.17) is 4.74 Å². The molecule has 0 bridgehead atoms. The predicted octanol–water partition coefficient (Wildman–Crippen LogP) is 0.759. The summed E-state index contributed by atoms with van der Waals surface area (Å²) in [4.78, 5) is 43.7. The average Bonchev–Trinajstić information content (AvgIpc) is 3.28. The first-order chi connectivity index (χ1) is 13.1. The zero-order valence-corrected chi connectivity index (χ0v) is 15.9. The molecule has 4 rings (SSSR count). The van der Waals surface area contributed by atoms with Crippen molar-refractivity contribution in [3.8, 4) is 0 Å². The quantitative estimate of drug-likeness (QED) is 0.814. The van der Waals surface area contributed by atoms with Gasteiger partial charge in [-0.15, -0.1) is 11.3 Å². The van der Waals surface area contributed by atoms with Crippen molar-refractivity contribution in [3.05, 3.63) is 33.7 Å². The third-order valence-corrected chi connectivity index (χ3v) is 6.12. The number of nitrogens with one attached hydrogen (secondary N) is 1. The number of hydrogen-bond acceptors (Lipinski definition) is 6. The van der Waals surface area contributed by atoms with Gasteiger partial charge in [0.05, 0.1) is 18.6 Å². The van der Waals surface area contributed by atoms with Crippen molar-refractivity contribution in [1.82, 2.24) is 19.6 Å². The van der Waals surface area contributed by atoms with Crippen LogP contribution in [0, 0.1) is 11.8 Å². The highest BCUT2D eigenvalue weighted by Gasteiger charge is 2.38. The maximum absolute atomic E-state index is 12.4. The number of fused-ring (bicyclic) bond motifs is 1. The fourth-order valence-corrected chi connectivity index (χ4v) is 4.24. The molecule has 2 amide bonds. The van der Waals surface area contributed by atoms with Crippen molar-refractivity contribution >= 4 is 28.1 Å². The summed E-state index contributed by atoms with van der Waals surface area (Å²) in [5.74, 6) is 0.165. The summed E-state index contributed by atoms with van der Waals surface area (Å²) >= 11 is 1.33. The van der Waals surface area contributed by atoms with Gasteiger partial charge < -0.3 is 15.0 Å². The Morgan fingerprint density at radius 3 is 3.00 bits per heavy atom. The van der Waals surface area contributed by atoms with Crippen molar-refractivity contribution in [2.75, 3.05) is 26.2 Å². The number of amides is 2. The fraction of sp³-hybridized carbons (Fsp3) is 0.556. The molecule has 0 aliphatic carbocycles. The maximum atomic E-state index is 12.4. The van der Waals surface area contributed by atoms with E-state index in [0.29, 0.717) is 23.9 Å². The van der Waals surface area contributed by atoms with Gasteiger partial charge in [0.1, 0.15) is 5.56 Å². The second-order valence-corrected chi connectivity index (χ2v) is 8.02. The molecule has 4 heterocycles. The minimum atomic E-state index is -0.472. The molecule has 0 aromatic carbocycles. The lowest BCUT2D eigenvalue weighted by Gasteiger charge is -2.40. The highest BCUT2D eigenvalue weighted by atomic mass is 32.1. The van der Waals surface area contributed by atoms with Crippen LogP contribution in [0.4, 0.5) is 0 Å². The molecule has 2 atom stereocenters. The van der Waals surface area contributed by atoms with E-state index >= 15 is 0 Å². The summed E-state index contributed by atoms with van der Waals surface area (Å²) in [5.41, 5.74) is -0.384. The van der Waals surface area contributed by atoms with Gasteiger partial charge in [0.15, 0.2) is 4.96 Å². The van der Waals surface area contributed by atoms with E-state index in [1.54, 1.807) is 11.6 Å². The van der Waals surface area contributed by atoms with Gasteiger partial charge in [0, 0.05) is 37.4 Å². The smallest absolute Gasteiger partial charge is 0.271 e. The van der Waals surface area contributed by atoms with E-state index < -0.39 is 5.91 Å². The van der Waals surface area contributed by atoms with Gasteiger partial charge in [-0.3, -0.25) is 18.8 Å². The van der Waals surface area contributed by atoms with Crippen molar-refractivity contribution in [2.45, 2.75) is 25.9 Å². The highest BCUT2D eigenvalue weighted by Crippen LogP contribution is 2.26. The van der Waals surface area contributed by atoms with Crippen LogP contribution in [0.3, 0.4) is 0 Å². The Balaban J connectivity index is 1.30. The molecule has 0 unspecified atom stereocenters. The lowest BCUT2D eigenvalue weighted by atomic mass is 9.94. The van der Waals surface area contributed by atoms with Gasteiger partial charge in [0.2, 0.25) is 5.91 Å². The number of nitrogens with zero attached hydrogens (tertiary/aromatic N) is 3. The van der Waals surface area contributed by atoms with Crippen LogP contribution < -0.4 is 10.9 Å². The molecular weight excluding hydrogens is 368 g/mol. The number of rotatable bonds is 5. The Morgan fingerprint density at radius 1 is 1.41 bits per heavy atom. The zero-order chi connectivity index (χ0) is 19.0. The molecule has 2 saturated heterocycles. The molecule has 2 aromatic heterocycles. The second kappa shape index (κ2) is 7.40.